The monoisotopic (exact) mass is 231 g/mol. The maximum Gasteiger partial charge on any atom is 0.0487 e. The molecular formula is C14H14ClN. The van der Waals surface area contributed by atoms with E-state index in [2.05, 4.69) is 24.3 Å². The predicted octanol–water partition coefficient (Wildman–Crippen LogP) is 3.51. The van der Waals surface area contributed by atoms with Crippen molar-refractivity contribution in [3.05, 3.63) is 59.1 Å². The molecule has 2 N–H and O–H groups in total. The molecule has 0 saturated heterocycles. The van der Waals surface area contributed by atoms with Gasteiger partial charge in [0.15, 0.2) is 0 Å². The van der Waals surface area contributed by atoms with E-state index in [1.807, 2.05) is 24.3 Å². The van der Waals surface area contributed by atoms with Gasteiger partial charge in [-0.15, -0.1) is 0 Å². The summed E-state index contributed by atoms with van der Waals surface area (Å²) in [4.78, 5) is 0. The Morgan fingerprint density at radius 3 is 2.38 bits per heavy atom. The van der Waals surface area contributed by atoms with Crippen molar-refractivity contribution in [3.63, 3.8) is 0 Å². The highest BCUT2D eigenvalue weighted by molar-refractivity contribution is 6.33. The van der Waals surface area contributed by atoms with Gasteiger partial charge in [-0.2, -0.15) is 0 Å². The largest absolute Gasteiger partial charge is 0.330 e. The van der Waals surface area contributed by atoms with Crippen molar-refractivity contribution >= 4 is 11.6 Å². The summed E-state index contributed by atoms with van der Waals surface area (Å²) in [5, 5.41) is 0.789. The van der Waals surface area contributed by atoms with Gasteiger partial charge in [-0.05, 0) is 30.2 Å². The molecule has 82 valence electrons. The van der Waals surface area contributed by atoms with Crippen molar-refractivity contribution in [2.45, 2.75) is 6.42 Å². The topological polar surface area (TPSA) is 26.0 Å². The lowest BCUT2D eigenvalue weighted by atomic mass is 10.0. The Morgan fingerprint density at radius 1 is 1.00 bits per heavy atom. The van der Waals surface area contributed by atoms with Crippen molar-refractivity contribution < 1.29 is 0 Å². The van der Waals surface area contributed by atoms with E-state index in [0.29, 0.717) is 6.54 Å². The Kier molecular flexibility index (Phi) is 3.60. The summed E-state index contributed by atoms with van der Waals surface area (Å²) < 4.78 is 0. The van der Waals surface area contributed by atoms with E-state index < -0.39 is 0 Å². The zero-order valence-electron chi connectivity index (χ0n) is 8.99. The minimum absolute atomic E-state index is 0.654. The first-order valence-corrected chi connectivity index (χ1v) is 5.73. The summed E-state index contributed by atoms with van der Waals surface area (Å²) in [6.45, 7) is 0.654. The molecule has 0 amide bonds. The summed E-state index contributed by atoms with van der Waals surface area (Å²) in [5.41, 5.74) is 8.92. The molecule has 2 rings (SSSR count). The zero-order chi connectivity index (χ0) is 11.4. The number of benzene rings is 2. The highest BCUT2D eigenvalue weighted by atomic mass is 35.5. The first kappa shape index (κ1) is 11.2. The molecule has 2 heteroatoms. The summed E-state index contributed by atoms with van der Waals surface area (Å²) in [6, 6.07) is 16.3. The second-order valence-corrected chi connectivity index (χ2v) is 4.13. The predicted molar refractivity (Wildman–Crippen MR) is 69.6 cm³/mol. The molecule has 0 aromatic heterocycles. The van der Waals surface area contributed by atoms with Crippen LogP contribution in [0.4, 0.5) is 0 Å². The van der Waals surface area contributed by atoms with E-state index in [0.717, 1.165) is 22.6 Å². The van der Waals surface area contributed by atoms with E-state index >= 15 is 0 Å². The number of halogens is 1. The molecule has 2 aromatic carbocycles. The lowest BCUT2D eigenvalue weighted by Crippen LogP contribution is -2.02. The molecule has 0 bridgehead atoms. The third-order valence-electron chi connectivity index (χ3n) is 2.55. The minimum atomic E-state index is 0.654. The Hall–Kier alpha value is -1.31. The molecule has 0 unspecified atom stereocenters. The van der Waals surface area contributed by atoms with Gasteiger partial charge >= 0.3 is 0 Å². The van der Waals surface area contributed by atoms with Crippen LogP contribution < -0.4 is 5.73 Å². The third kappa shape index (κ3) is 2.43. The lowest BCUT2D eigenvalue weighted by molar-refractivity contribution is 0.969. The Morgan fingerprint density at radius 2 is 1.75 bits per heavy atom. The summed E-state index contributed by atoms with van der Waals surface area (Å²) >= 11 is 6.26. The normalized spacial score (nSPS) is 10.4. The van der Waals surface area contributed by atoms with Gasteiger partial charge in [0, 0.05) is 10.6 Å². The van der Waals surface area contributed by atoms with Crippen LogP contribution in [0, 0.1) is 0 Å². The van der Waals surface area contributed by atoms with Crippen LogP contribution in [0.3, 0.4) is 0 Å². The van der Waals surface area contributed by atoms with Gasteiger partial charge in [-0.3, -0.25) is 0 Å². The average Bonchev–Trinajstić information content (AvgIpc) is 2.31. The van der Waals surface area contributed by atoms with Crippen molar-refractivity contribution in [2.24, 2.45) is 5.73 Å². The second-order valence-electron chi connectivity index (χ2n) is 3.72. The highest BCUT2D eigenvalue weighted by Gasteiger charge is 2.03. The van der Waals surface area contributed by atoms with E-state index in [9.17, 15) is 0 Å². The van der Waals surface area contributed by atoms with E-state index in [4.69, 9.17) is 17.3 Å². The third-order valence-corrected chi connectivity index (χ3v) is 2.86. The van der Waals surface area contributed by atoms with Gasteiger partial charge in [0.05, 0.1) is 0 Å². The maximum atomic E-state index is 6.26. The zero-order valence-corrected chi connectivity index (χ0v) is 9.74. The van der Waals surface area contributed by atoms with E-state index in [-0.39, 0.29) is 0 Å². The van der Waals surface area contributed by atoms with Crippen molar-refractivity contribution in [3.8, 4) is 11.1 Å². The number of rotatable bonds is 3. The van der Waals surface area contributed by atoms with Gasteiger partial charge < -0.3 is 5.73 Å². The van der Waals surface area contributed by atoms with Crippen molar-refractivity contribution in [2.75, 3.05) is 6.54 Å². The van der Waals surface area contributed by atoms with E-state index in [1.54, 1.807) is 0 Å². The lowest BCUT2D eigenvalue weighted by Gasteiger charge is -2.06. The molecule has 0 heterocycles. The molecule has 0 aliphatic carbocycles. The van der Waals surface area contributed by atoms with Crippen LogP contribution in [-0.2, 0) is 6.42 Å². The second kappa shape index (κ2) is 5.15. The van der Waals surface area contributed by atoms with Crippen LogP contribution in [-0.4, -0.2) is 6.54 Å². The smallest absolute Gasteiger partial charge is 0.0487 e. The molecule has 1 nitrogen and oxygen atoms in total. The molecule has 0 saturated carbocycles. The standard InChI is InChI=1S/C14H14ClN/c15-14-10-11(8-9-16)6-7-13(14)12-4-2-1-3-5-12/h1-7,10H,8-9,16H2. The molecule has 0 spiro atoms. The van der Waals surface area contributed by atoms with Crippen LogP contribution in [0.5, 0.6) is 0 Å². The number of hydrogen-bond donors (Lipinski definition) is 1. The summed E-state index contributed by atoms with van der Waals surface area (Å²) in [5.74, 6) is 0. The Labute approximate surface area is 101 Å². The fourth-order valence-electron chi connectivity index (χ4n) is 1.73. The van der Waals surface area contributed by atoms with Crippen LogP contribution >= 0.6 is 11.6 Å². The quantitative estimate of drug-likeness (QED) is 0.860. The molecular weight excluding hydrogens is 218 g/mol. The fraction of sp³-hybridized carbons (Fsp3) is 0.143. The van der Waals surface area contributed by atoms with Crippen molar-refractivity contribution in [1.82, 2.24) is 0 Å². The van der Waals surface area contributed by atoms with Crippen molar-refractivity contribution in [1.29, 1.82) is 0 Å². The molecule has 2 aromatic rings. The molecule has 0 atom stereocenters. The number of hydrogen-bond acceptors (Lipinski definition) is 1. The first-order valence-electron chi connectivity index (χ1n) is 5.35. The molecule has 0 aliphatic heterocycles. The van der Waals surface area contributed by atoms with Crippen LogP contribution in [0.15, 0.2) is 48.5 Å². The van der Waals surface area contributed by atoms with E-state index in [1.165, 1.54) is 5.56 Å². The van der Waals surface area contributed by atoms with Gasteiger partial charge in [0.1, 0.15) is 0 Å². The Balaban J connectivity index is 2.37. The van der Waals surface area contributed by atoms with Crippen LogP contribution in [0.2, 0.25) is 5.02 Å². The van der Waals surface area contributed by atoms with Gasteiger partial charge in [0.25, 0.3) is 0 Å². The summed E-state index contributed by atoms with van der Waals surface area (Å²) in [7, 11) is 0. The maximum absolute atomic E-state index is 6.26. The van der Waals surface area contributed by atoms with Gasteiger partial charge in [-0.25, -0.2) is 0 Å². The molecule has 16 heavy (non-hydrogen) atoms. The SMILES string of the molecule is NCCc1ccc(-c2ccccc2)c(Cl)c1. The fourth-order valence-corrected chi connectivity index (χ4v) is 2.04. The Bertz CT molecular complexity index is 465. The molecule has 0 aliphatic rings. The molecule has 0 radical (unpaired) electrons. The van der Waals surface area contributed by atoms with Gasteiger partial charge in [-0.1, -0.05) is 54.1 Å². The van der Waals surface area contributed by atoms with Crippen LogP contribution in [0.25, 0.3) is 11.1 Å². The summed E-state index contributed by atoms with van der Waals surface area (Å²) in [6.07, 6.45) is 0.870. The average molecular weight is 232 g/mol. The number of nitrogens with two attached hydrogens (primary N) is 1. The highest BCUT2D eigenvalue weighted by Crippen LogP contribution is 2.28. The first-order chi connectivity index (χ1) is 7.81. The molecule has 0 fully saturated rings. The van der Waals surface area contributed by atoms with Crippen LogP contribution in [0.1, 0.15) is 5.56 Å². The van der Waals surface area contributed by atoms with Gasteiger partial charge in [0.2, 0.25) is 0 Å². The minimum Gasteiger partial charge on any atom is -0.330 e.